The molecule has 0 radical (unpaired) electrons. The predicted molar refractivity (Wildman–Crippen MR) is 84.0 cm³/mol. The first-order valence-electron chi connectivity index (χ1n) is 7.89. The molecule has 0 N–H and O–H groups in total. The van der Waals surface area contributed by atoms with Crippen molar-refractivity contribution in [3.8, 4) is 5.88 Å². The molecule has 2 heterocycles. The van der Waals surface area contributed by atoms with E-state index in [9.17, 15) is 13.2 Å². The minimum atomic E-state index is -4.34. The topological polar surface area (TPSA) is 47.5 Å². The van der Waals surface area contributed by atoms with Crippen LogP contribution in [0.15, 0.2) is 42.9 Å². The van der Waals surface area contributed by atoms with E-state index in [1.165, 1.54) is 24.5 Å². The van der Waals surface area contributed by atoms with Gasteiger partial charge in [0.2, 0.25) is 5.88 Å². The highest BCUT2D eigenvalue weighted by molar-refractivity contribution is 5.25. The summed E-state index contributed by atoms with van der Waals surface area (Å²) in [4.78, 5) is 10.0. The van der Waals surface area contributed by atoms with Gasteiger partial charge in [-0.15, -0.1) is 0 Å². The molecular weight excluding hydrogens is 335 g/mol. The van der Waals surface area contributed by atoms with Gasteiger partial charge in [-0.1, -0.05) is 18.2 Å². The molecule has 1 aromatic carbocycles. The molecule has 0 aliphatic carbocycles. The zero-order valence-electron chi connectivity index (χ0n) is 13.4. The normalized spacial score (nSPS) is 19.4. The van der Waals surface area contributed by atoms with Gasteiger partial charge in [0.1, 0.15) is 6.10 Å². The van der Waals surface area contributed by atoms with Gasteiger partial charge >= 0.3 is 6.18 Å². The summed E-state index contributed by atoms with van der Waals surface area (Å²) < 4.78 is 49.8. The fourth-order valence-electron chi connectivity index (χ4n) is 2.68. The second-order valence-corrected chi connectivity index (χ2v) is 5.79. The second kappa shape index (κ2) is 7.79. The number of ether oxygens (including phenoxy) is 2. The van der Waals surface area contributed by atoms with Gasteiger partial charge in [0.15, 0.2) is 0 Å². The molecule has 1 aliphatic heterocycles. The van der Waals surface area contributed by atoms with Crippen LogP contribution in [0.3, 0.4) is 0 Å². The smallest absolute Gasteiger partial charge is 0.416 e. The molecule has 134 valence electrons. The third kappa shape index (κ3) is 5.14. The molecule has 5 nitrogen and oxygen atoms in total. The van der Waals surface area contributed by atoms with E-state index in [0.717, 1.165) is 6.07 Å². The molecule has 3 rings (SSSR count). The van der Waals surface area contributed by atoms with Crippen LogP contribution in [0.2, 0.25) is 0 Å². The minimum Gasteiger partial charge on any atom is -0.469 e. The van der Waals surface area contributed by atoms with Crippen molar-refractivity contribution in [2.45, 2.75) is 18.8 Å². The number of alkyl halides is 3. The molecule has 0 saturated carbocycles. The SMILES string of the molecule is FC(F)(F)c1cccc(CN2CCOCC(Oc3cnccn3)C2)c1. The number of nitrogens with zero attached hydrogens (tertiary/aromatic N) is 3. The second-order valence-electron chi connectivity index (χ2n) is 5.79. The van der Waals surface area contributed by atoms with Crippen molar-refractivity contribution in [3.63, 3.8) is 0 Å². The largest absolute Gasteiger partial charge is 0.469 e. The van der Waals surface area contributed by atoms with E-state index in [1.807, 2.05) is 4.90 Å². The van der Waals surface area contributed by atoms with Crippen LogP contribution in [0.4, 0.5) is 13.2 Å². The Morgan fingerprint density at radius 2 is 2.16 bits per heavy atom. The van der Waals surface area contributed by atoms with Crippen LogP contribution >= 0.6 is 0 Å². The molecule has 25 heavy (non-hydrogen) atoms. The van der Waals surface area contributed by atoms with Crippen LogP contribution in [0, 0.1) is 0 Å². The number of halogens is 3. The Kier molecular flexibility index (Phi) is 5.50. The summed E-state index contributed by atoms with van der Waals surface area (Å²) >= 11 is 0. The van der Waals surface area contributed by atoms with Crippen molar-refractivity contribution in [2.24, 2.45) is 0 Å². The highest BCUT2D eigenvalue weighted by Crippen LogP contribution is 2.29. The van der Waals surface area contributed by atoms with Crippen LogP contribution in [0.1, 0.15) is 11.1 Å². The molecule has 0 amide bonds. The highest BCUT2D eigenvalue weighted by atomic mass is 19.4. The molecule has 2 aromatic rings. The Hall–Kier alpha value is -2.19. The maximum Gasteiger partial charge on any atom is 0.416 e. The van der Waals surface area contributed by atoms with Gasteiger partial charge in [0.25, 0.3) is 0 Å². The summed E-state index contributed by atoms with van der Waals surface area (Å²) in [5.74, 6) is 0.400. The summed E-state index contributed by atoms with van der Waals surface area (Å²) in [6.45, 7) is 2.45. The molecule has 1 fully saturated rings. The van der Waals surface area contributed by atoms with Gasteiger partial charge in [-0.2, -0.15) is 13.2 Å². The molecule has 0 spiro atoms. The van der Waals surface area contributed by atoms with Crippen molar-refractivity contribution >= 4 is 0 Å². The summed E-state index contributed by atoms with van der Waals surface area (Å²) in [6.07, 6.45) is 0.00588. The molecular formula is C17H18F3N3O2. The van der Waals surface area contributed by atoms with Crippen LogP contribution in [-0.4, -0.2) is 47.3 Å². The summed E-state index contributed by atoms with van der Waals surface area (Å²) in [5.41, 5.74) is -0.0293. The maximum absolute atomic E-state index is 12.8. The first-order valence-corrected chi connectivity index (χ1v) is 7.89. The molecule has 1 atom stereocenters. The Balaban J connectivity index is 1.65. The lowest BCUT2D eigenvalue weighted by atomic mass is 10.1. The monoisotopic (exact) mass is 353 g/mol. The zero-order valence-corrected chi connectivity index (χ0v) is 13.4. The van der Waals surface area contributed by atoms with Crippen molar-refractivity contribution < 1.29 is 22.6 Å². The zero-order chi connectivity index (χ0) is 17.7. The molecule has 1 saturated heterocycles. The van der Waals surface area contributed by atoms with Gasteiger partial charge in [0, 0.05) is 32.0 Å². The van der Waals surface area contributed by atoms with Crippen LogP contribution in [0.25, 0.3) is 0 Å². The van der Waals surface area contributed by atoms with E-state index < -0.39 is 11.7 Å². The molecule has 1 aromatic heterocycles. The van der Waals surface area contributed by atoms with E-state index in [0.29, 0.717) is 44.3 Å². The van der Waals surface area contributed by atoms with Gasteiger partial charge in [-0.05, 0) is 11.6 Å². The average molecular weight is 353 g/mol. The lowest BCUT2D eigenvalue weighted by Crippen LogP contribution is -2.35. The first kappa shape index (κ1) is 17.6. The van der Waals surface area contributed by atoms with E-state index in [-0.39, 0.29) is 6.10 Å². The lowest BCUT2D eigenvalue weighted by Gasteiger charge is -2.24. The fourth-order valence-corrected chi connectivity index (χ4v) is 2.68. The number of benzene rings is 1. The average Bonchev–Trinajstić information content (AvgIpc) is 2.80. The molecule has 0 bridgehead atoms. The Morgan fingerprint density at radius 1 is 1.28 bits per heavy atom. The van der Waals surface area contributed by atoms with Gasteiger partial charge in [-0.25, -0.2) is 4.98 Å². The summed E-state index contributed by atoms with van der Waals surface area (Å²) in [7, 11) is 0. The van der Waals surface area contributed by atoms with Crippen molar-refractivity contribution in [3.05, 3.63) is 54.0 Å². The van der Waals surface area contributed by atoms with Crippen LogP contribution in [0.5, 0.6) is 5.88 Å². The van der Waals surface area contributed by atoms with Crippen molar-refractivity contribution in [2.75, 3.05) is 26.3 Å². The van der Waals surface area contributed by atoms with E-state index in [1.54, 1.807) is 12.3 Å². The van der Waals surface area contributed by atoms with Crippen molar-refractivity contribution in [1.82, 2.24) is 14.9 Å². The van der Waals surface area contributed by atoms with Gasteiger partial charge in [0.05, 0.1) is 25.0 Å². The number of hydrogen-bond acceptors (Lipinski definition) is 5. The Labute approximate surface area is 143 Å². The first-order chi connectivity index (χ1) is 12.0. The van der Waals surface area contributed by atoms with Crippen molar-refractivity contribution in [1.29, 1.82) is 0 Å². The third-order valence-electron chi connectivity index (χ3n) is 3.80. The number of hydrogen-bond donors (Lipinski definition) is 0. The van der Waals surface area contributed by atoms with E-state index >= 15 is 0 Å². The van der Waals surface area contributed by atoms with Gasteiger partial charge in [-0.3, -0.25) is 9.88 Å². The summed E-state index contributed by atoms with van der Waals surface area (Å²) in [5, 5.41) is 0. The fraction of sp³-hybridized carbons (Fsp3) is 0.412. The van der Waals surface area contributed by atoms with E-state index in [2.05, 4.69) is 9.97 Å². The predicted octanol–water partition coefficient (Wildman–Crippen LogP) is 2.78. The van der Waals surface area contributed by atoms with Gasteiger partial charge < -0.3 is 9.47 Å². The van der Waals surface area contributed by atoms with Crippen LogP contribution < -0.4 is 4.74 Å². The molecule has 8 heteroatoms. The standard InChI is InChI=1S/C17H18F3N3O2/c18-17(19,20)14-3-1-2-13(8-14)10-23-6-7-24-12-15(11-23)25-16-9-21-4-5-22-16/h1-5,8-9,15H,6-7,10-12H2. The van der Waals surface area contributed by atoms with Crippen LogP contribution in [-0.2, 0) is 17.5 Å². The quantitative estimate of drug-likeness (QED) is 0.846. The third-order valence-corrected chi connectivity index (χ3v) is 3.80. The maximum atomic E-state index is 12.8. The lowest BCUT2D eigenvalue weighted by molar-refractivity contribution is -0.137. The summed E-state index contributed by atoms with van der Waals surface area (Å²) in [6, 6.07) is 5.39. The number of rotatable bonds is 4. The highest BCUT2D eigenvalue weighted by Gasteiger charge is 2.30. The molecule has 1 aliphatic rings. The van der Waals surface area contributed by atoms with E-state index in [4.69, 9.17) is 9.47 Å². The molecule has 1 unspecified atom stereocenters. The Morgan fingerprint density at radius 3 is 2.92 bits per heavy atom. The number of aromatic nitrogens is 2. The minimum absolute atomic E-state index is 0.259. The Bertz CT molecular complexity index is 682.